The van der Waals surface area contributed by atoms with Crippen molar-refractivity contribution >= 4 is 0 Å². The number of rotatable bonds is 2. The highest BCUT2D eigenvalue weighted by atomic mass is 14.5. The third-order valence-electron chi connectivity index (χ3n) is 4.48. The molecule has 2 bridgehead atoms. The van der Waals surface area contributed by atoms with E-state index in [0.29, 0.717) is 5.41 Å². The Morgan fingerprint density at radius 2 is 1.57 bits per heavy atom. The number of hydrogen-bond acceptors (Lipinski definition) is 1. The molecule has 3 aliphatic carbocycles. The fraction of sp³-hybridized carbons (Fsp3) is 0.923. The zero-order chi connectivity index (χ0) is 10.2. The number of hydrogen-bond donors (Lipinski definition) is 0. The van der Waals surface area contributed by atoms with Crippen LogP contribution >= 0.6 is 0 Å². The fourth-order valence-electron chi connectivity index (χ4n) is 3.60. The van der Waals surface area contributed by atoms with E-state index in [9.17, 15) is 5.26 Å². The van der Waals surface area contributed by atoms with Crippen molar-refractivity contribution in [2.45, 2.75) is 58.8 Å². The van der Waals surface area contributed by atoms with Crippen molar-refractivity contribution in [2.24, 2.45) is 16.7 Å². The second kappa shape index (κ2) is 3.26. The van der Waals surface area contributed by atoms with Crippen molar-refractivity contribution in [3.63, 3.8) is 0 Å². The van der Waals surface area contributed by atoms with Gasteiger partial charge in [0.25, 0.3) is 0 Å². The summed E-state index contributed by atoms with van der Waals surface area (Å²) in [5.74, 6) is 0.822. The molecule has 3 saturated carbocycles. The standard InChI is InChI=1S/C13H21N/c1-11(2)9-12-3-6-13(10-14,7-4-12)8-5-12/h11H,3-9H2,1-2H3. The van der Waals surface area contributed by atoms with Gasteiger partial charge in [0.1, 0.15) is 0 Å². The summed E-state index contributed by atoms with van der Waals surface area (Å²) in [4.78, 5) is 0. The Hall–Kier alpha value is -0.510. The van der Waals surface area contributed by atoms with E-state index in [1.165, 1.54) is 44.9 Å². The molecule has 0 saturated heterocycles. The van der Waals surface area contributed by atoms with Crippen LogP contribution in [-0.2, 0) is 0 Å². The molecule has 0 aliphatic heterocycles. The summed E-state index contributed by atoms with van der Waals surface area (Å²) in [7, 11) is 0. The fourth-order valence-corrected chi connectivity index (χ4v) is 3.60. The Labute approximate surface area is 87.5 Å². The average Bonchev–Trinajstić information content (AvgIpc) is 2.19. The van der Waals surface area contributed by atoms with Crippen LogP contribution in [0.25, 0.3) is 0 Å². The largest absolute Gasteiger partial charge is 0.198 e. The lowest BCUT2D eigenvalue weighted by molar-refractivity contribution is 0.0102. The van der Waals surface area contributed by atoms with Crippen LogP contribution in [0.5, 0.6) is 0 Å². The van der Waals surface area contributed by atoms with Gasteiger partial charge in [0.2, 0.25) is 0 Å². The topological polar surface area (TPSA) is 23.8 Å². The Bertz CT molecular complexity index is 234. The molecule has 1 nitrogen and oxygen atoms in total. The van der Waals surface area contributed by atoms with Gasteiger partial charge in [0.15, 0.2) is 0 Å². The van der Waals surface area contributed by atoms with Crippen LogP contribution in [0.1, 0.15) is 58.8 Å². The van der Waals surface area contributed by atoms with Crippen LogP contribution in [0, 0.1) is 28.1 Å². The van der Waals surface area contributed by atoms with Crippen molar-refractivity contribution in [1.82, 2.24) is 0 Å². The summed E-state index contributed by atoms with van der Waals surface area (Å²) >= 11 is 0. The van der Waals surface area contributed by atoms with E-state index >= 15 is 0 Å². The third-order valence-corrected chi connectivity index (χ3v) is 4.48. The predicted octanol–water partition coefficient (Wildman–Crippen LogP) is 3.90. The first-order valence-corrected chi connectivity index (χ1v) is 6.01. The first-order valence-electron chi connectivity index (χ1n) is 6.01. The molecule has 78 valence electrons. The maximum Gasteiger partial charge on any atom is 0.0689 e. The summed E-state index contributed by atoms with van der Waals surface area (Å²) in [6.07, 6.45) is 8.87. The first kappa shape index (κ1) is 10.0. The quantitative estimate of drug-likeness (QED) is 0.649. The summed E-state index contributed by atoms with van der Waals surface area (Å²) in [5, 5.41) is 9.18. The molecule has 3 aliphatic rings. The molecule has 0 atom stereocenters. The summed E-state index contributed by atoms with van der Waals surface area (Å²) in [6.45, 7) is 4.66. The van der Waals surface area contributed by atoms with Crippen LogP contribution in [0.2, 0.25) is 0 Å². The molecule has 0 aromatic carbocycles. The van der Waals surface area contributed by atoms with Gasteiger partial charge >= 0.3 is 0 Å². The molecule has 0 amide bonds. The zero-order valence-electron chi connectivity index (χ0n) is 9.47. The lowest BCUT2D eigenvalue weighted by Crippen LogP contribution is -2.41. The highest BCUT2D eigenvalue weighted by Gasteiger charge is 2.48. The molecular weight excluding hydrogens is 170 g/mol. The number of nitrogens with zero attached hydrogens (tertiary/aromatic N) is 1. The van der Waals surface area contributed by atoms with E-state index in [1.807, 2.05) is 0 Å². The Balaban J connectivity index is 2.06. The number of fused-ring (bicyclic) bond motifs is 3. The van der Waals surface area contributed by atoms with Gasteiger partial charge in [0.05, 0.1) is 11.5 Å². The van der Waals surface area contributed by atoms with Gasteiger partial charge in [0, 0.05) is 0 Å². The van der Waals surface area contributed by atoms with Crippen molar-refractivity contribution in [1.29, 1.82) is 5.26 Å². The number of nitriles is 1. The molecule has 0 spiro atoms. The predicted molar refractivity (Wildman–Crippen MR) is 57.6 cm³/mol. The smallest absolute Gasteiger partial charge is 0.0689 e. The SMILES string of the molecule is CC(C)CC12CCC(C#N)(CC1)CC2. The van der Waals surface area contributed by atoms with Crippen LogP contribution < -0.4 is 0 Å². The highest BCUT2D eigenvalue weighted by Crippen LogP contribution is 2.58. The molecule has 3 rings (SSSR count). The molecule has 0 aromatic heterocycles. The van der Waals surface area contributed by atoms with E-state index < -0.39 is 0 Å². The molecule has 0 aromatic rings. The lowest BCUT2D eigenvalue weighted by atomic mass is 9.52. The summed E-state index contributed by atoms with van der Waals surface area (Å²) in [5.41, 5.74) is 0.728. The first-order chi connectivity index (χ1) is 6.60. The average molecular weight is 191 g/mol. The van der Waals surface area contributed by atoms with Crippen molar-refractivity contribution < 1.29 is 0 Å². The van der Waals surface area contributed by atoms with Gasteiger partial charge < -0.3 is 0 Å². The van der Waals surface area contributed by atoms with E-state index in [1.54, 1.807) is 0 Å². The van der Waals surface area contributed by atoms with Crippen LogP contribution in [-0.4, -0.2) is 0 Å². The Morgan fingerprint density at radius 1 is 1.07 bits per heavy atom. The van der Waals surface area contributed by atoms with Gasteiger partial charge in [-0.05, 0) is 56.3 Å². The van der Waals surface area contributed by atoms with E-state index in [2.05, 4.69) is 19.9 Å². The van der Waals surface area contributed by atoms with Gasteiger partial charge in [-0.2, -0.15) is 5.26 Å². The maximum absolute atomic E-state index is 9.18. The van der Waals surface area contributed by atoms with E-state index in [4.69, 9.17) is 0 Å². The monoisotopic (exact) mass is 191 g/mol. The van der Waals surface area contributed by atoms with Gasteiger partial charge in [-0.1, -0.05) is 13.8 Å². The highest BCUT2D eigenvalue weighted by molar-refractivity contribution is 5.09. The summed E-state index contributed by atoms with van der Waals surface area (Å²) in [6, 6.07) is 2.58. The van der Waals surface area contributed by atoms with Crippen molar-refractivity contribution in [3.8, 4) is 6.07 Å². The minimum absolute atomic E-state index is 0.0960. The maximum atomic E-state index is 9.18. The Kier molecular flexibility index (Phi) is 2.33. The van der Waals surface area contributed by atoms with Crippen LogP contribution in [0.3, 0.4) is 0 Å². The molecule has 0 unspecified atom stereocenters. The molecule has 14 heavy (non-hydrogen) atoms. The van der Waals surface area contributed by atoms with Gasteiger partial charge in [-0.3, -0.25) is 0 Å². The molecule has 0 radical (unpaired) electrons. The van der Waals surface area contributed by atoms with Crippen molar-refractivity contribution in [2.75, 3.05) is 0 Å². The minimum Gasteiger partial charge on any atom is -0.198 e. The Morgan fingerprint density at radius 3 is 1.93 bits per heavy atom. The normalized spacial score (nSPS) is 41.3. The van der Waals surface area contributed by atoms with Crippen LogP contribution in [0.15, 0.2) is 0 Å². The summed E-state index contributed by atoms with van der Waals surface area (Å²) < 4.78 is 0. The second-order valence-corrected chi connectivity index (χ2v) is 5.99. The minimum atomic E-state index is 0.0960. The molecular formula is C13H21N. The lowest BCUT2D eigenvalue weighted by Gasteiger charge is -2.51. The molecule has 0 N–H and O–H groups in total. The second-order valence-electron chi connectivity index (χ2n) is 5.99. The van der Waals surface area contributed by atoms with E-state index in [-0.39, 0.29) is 5.41 Å². The van der Waals surface area contributed by atoms with Crippen LogP contribution in [0.4, 0.5) is 0 Å². The van der Waals surface area contributed by atoms with E-state index in [0.717, 1.165) is 5.92 Å². The molecule has 1 heteroatoms. The van der Waals surface area contributed by atoms with Crippen molar-refractivity contribution in [3.05, 3.63) is 0 Å². The third kappa shape index (κ3) is 1.56. The molecule has 0 heterocycles. The van der Waals surface area contributed by atoms with Gasteiger partial charge in [-0.25, -0.2) is 0 Å². The molecule has 3 fully saturated rings. The van der Waals surface area contributed by atoms with Gasteiger partial charge in [-0.15, -0.1) is 0 Å². The zero-order valence-corrected chi connectivity index (χ0v) is 9.47.